The number of terminal acetylenes is 1. The molecule has 0 radical (unpaired) electrons. The van der Waals surface area contributed by atoms with E-state index >= 15 is 0 Å². The molecule has 0 spiro atoms. The predicted molar refractivity (Wildman–Crippen MR) is 78.2 cm³/mol. The summed E-state index contributed by atoms with van der Waals surface area (Å²) in [5.41, 5.74) is 0. The monoisotopic (exact) mass is 243 g/mol. The first kappa shape index (κ1) is 13.4. The maximum atomic E-state index is 5.27. The van der Waals surface area contributed by atoms with E-state index in [2.05, 4.69) is 23.9 Å². The van der Waals surface area contributed by atoms with Crippen molar-refractivity contribution >= 4 is 0 Å². The van der Waals surface area contributed by atoms with Crippen molar-refractivity contribution in [2.75, 3.05) is 0 Å². The molecule has 1 heterocycles. The van der Waals surface area contributed by atoms with Crippen LogP contribution in [0.4, 0.5) is 0 Å². The summed E-state index contributed by atoms with van der Waals surface area (Å²) in [6.07, 6.45) is 20.4. The Labute approximate surface area is 112 Å². The first-order valence-electron chi connectivity index (χ1n) is 7.33. The average Bonchev–Trinajstić information content (AvgIpc) is 2.39. The van der Waals surface area contributed by atoms with Gasteiger partial charge in [0, 0.05) is 12.1 Å². The summed E-state index contributed by atoms with van der Waals surface area (Å²) in [7, 11) is 0. The first-order valence-corrected chi connectivity index (χ1v) is 7.33. The third kappa shape index (κ3) is 3.27. The molecule has 1 saturated heterocycles. The average molecular weight is 243 g/mol. The SMILES string of the molecule is C#C/C=C/CC1CCCC2NC(CC=C)CCC12. The topological polar surface area (TPSA) is 12.0 Å². The van der Waals surface area contributed by atoms with Crippen LogP contribution in [0.5, 0.6) is 0 Å². The fraction of sp³-hybridized carbons (Fsp3) is 0.647. The van der Waals surface area contributed by atoms with E-state index in [9.17, 15) is 0 Å². The van der Waals surface area contributed by atoms with Gasteiger partial charge in [-0.2, -0.15) is 0 Å². The third-order valence-electron chi connectivity index (χ3n) is 4.61. The quantitative estimate of drug-likeness (QED) is 0.586. The molecule has 0 aromatic rings. The second-order valence-corrected chi connectivity index (χ2v) is 5.73. The molecule has 0 aromatic heterocycles. The Kier molecular flexibility index (Phi) is 5.08. The van der Waals surface area contributed by atoms with Crippen molar-refractivity contribution in [3.63, 3.8) is 0 Å². The van der Waals surface area contributed by atoms with Gasteiger partial charge in [-0.15, -0.1) is 13.0 Å². The molecule has 1 aliphatic carbocycles. The number of rotatable bonds is 4. The largest absolute Gasteiger partial charge is 0.311 e. The van der Waals surface area contributed by atoms with Crippen molar-refractivity contribution in [3.05, 3.63) is 24.8 Å². The highest BCUT2D eigenvalue weighted by molar-refractivity contribution is 5.09. The zero-order valence-electron chi connectivity index (χ0n) is 11.3. The molecule has 0 bridgehead atoms. The second kappa shape index (κ2) is 6.81. The van der Waals surface area contributed by atoms with Gasteiger partial charge >= 0.3 is 0 Å². The van der Waals surface area contributed by atoms with Crippen molar-refractivity contribution < 1.29 is 0 Å². The minimum absolute atomic E-state index is 0.670. The number of hydrogen-bond acceptors (Lipinski definition) is 1. The maximum Gasteiger partial charge on any atom is 0.0104 e. The molecule has 2 fully saturated rings. The predicted octanol–water partition coefficient (Wildman–Crippen LogP) is 3.68. The Balaban J connectivity index is 1.91. The summed E-state index contributed by atoms with van der Waals surface area (Å²) < 4.78 is 0. The van der Waals surface area contributed by atoms with Crippen LogP contribution >= 0.6 is 0 Å². The van der Waals surface area contributed by atoms with E-state index in [1.165, 1.54) is 38.5 Å². The van der Waals surface area contributed by atoms with Crippen LogP contribution in [0.1, 0.15) is 44.9 Å². The number of hydrogen-bond donors (Lipinski definition) is 1. The van der Waals surface area contributed by atoms with Crippen LogP contribution in [-0.2, 0) is 0 Å². The van der Waals surface area contributed by atoms with Crippen LogP contribution < -0.4 is 5.32 Å². The fourth-order valence-corrected chi connectivity index (χ4v) is 3.77. The standard InChI is InChI=1S/C17H25N/c1-3-5-6-9-14-10-7-11-17-16(14)13-12-15(18-17)8-4-2/h1,4-6,14-18H,2,7-13H2/b6-5+. The molecule has 4 unspecified atom stereocenters. The Morgan fingerprint density at radius 2 is 2.11 bits per heavy atom. The van der Waals surface area contributed by atoms with E-state index in [1.807, 2.05) is 12.2 Å². The minimum Gasteiger partial charge on any atom is -0.311 e. The minimum atomic E-state index is 0.670. The molecule has 18 heavy (non-hydrogen) atoms. The lowest BCUT2D eigenvalue weighted by Gasteiger charge is -2.44. The summed E-state index contributed by atoms with van der Waals surface area (Å²) in [6.45, 7) is 3.86. The maximum absolute atomic E-state index is 5.27. The second-order valence-electron chi connectivity index (χ2n) is 5.73. The summed E-state index contributed by atoms with van der Waals surface area (Å²) in [4.78, 5) is 0. The van der Waals surface area contributed by atoms with Gasteiger partial charge in [-0.1, -0.05) is 24.5 Å². The van der Waals surface area contributed by atoms with Gasteiger partial charge in [0.1, 0.15) is 0 Å². The van der Waals surface area contributed by atoms with Crippen molar-refractivity contribution in [1.29, 1.82) is 0 Å². The molecule has 1 heteroatoms. The van der Waals surface area contributed by atoms with Crippen LogP contribution in [0.3, 0.4) is 0 Å². The zero-order valence-corrected chi connectivity index (χ0v) is 11.3. The lowest BCUT2D eigenvalue weighted by Crippen LogP contribution is -2.51. The molecular weight excluding hydrogens is 218 g/mol. The van der Waals surface area contributed by atoms with Crippen LogP contribution in [0.15, 0.2) is 24.8 Å². The lowest BCUT2D eigenvalue weighted by atomic mass is 9.69. The van der Waals surface area contributed by atoms with Crippen LogP contribution in [0, 0.1) is 24.2 Å². The van der Waals surface area contributed by atoms with Gasteiger partial charge in [0.15, 0.2) is 0 Å². The molecule has 98 valence electrons. The van der Waals surface area contributed by atoms with Gasteiger partial charge in [-0.05, 0) is 56.4 Å². The Morgan fingerprint density at radius 1 is 1.22 bits per heavy atom. The van der Waals surface area contributed by atoms with Crippen molar-refractivity contribution in [1.82, 2.24) is 5.32 Å². The van der Waals surface area contributed by atoms with E-state index in [4.69, 9.17) is 6.42 Å². The number of piperidine rings is 1. The Morgan fingerprint density at radius 3 is 2.89 bits per heavy atom. The molecule has 2 aliphatic rings. The smallest absolute Gasteiger partial charge is 0.0104 e. The van der Waals surface area contributed by atoms with E-state index in [1.54, 1.807) is 0 Å². The van der Waals surface area contributed by atoms with Gasteiger partial charge in [0.25, 0.3) is 0 Å². The summed E-state index contributed by atoms with van der Waals surface area (Å²) >= 11 is 0. The number of nitrogens with one attached hydrogen (secondary N) is 1. The molecule has 2 rings (SSSR count). The zero-order chi connectivity index (χ0) is 12.8. The molecule has 0 amide bonds. The third-order valence-corrected chi connectivity index (χ3v) is 4.61. The fourth-order valence-electron chi connectivity index (χ4n) is 3.77. The van der Waals surface area contributed by atoms with Gasteiger partial charge in [-0.25, -0.2) is 0 Å². The summed E-state index contributed by atoms with van der Waals surface area (Å²) in [6, 6.07) is 1.41. The van der Waals surface area contributed by atoms with E-state index in [0.29, 0.717) is 6.04 Å². The van der Waals surface area contributed by atoms with E-state index in [0.717, 1.165) is 24.3 Å². The highest BCUT2D eigenvalue weighted by Gasteiger charge is 2.36. The van der Waals surface area contributed by atoms with Gasteiger partial charge in [0.2, 0.25) is 0 Å². The first-order chi connectivity index (χ1) is 8.85. The van der Waals surface area contributed by atoms with Crippen molar-refractivity contribution in [2.24, 2.45) is 11.8 Å². The molecule has 1 aliphatic heterocycles. The molecular formula is C17H25N. The summed E-state index contributed by atoms with van der Waals surface area (Å²) in [5, 5.41) is 3.84. The van der Waals surface area contributed by atoms with Crippen molar-refractivity contribution in [2.45, 2.75) is 57.0 Å². The van der Waals surface area contributed by atoms with Gasteiger partial charge in [-0.3, -0.25) is 0 Å². The Bertz CT molecular complexity index is 336. The van der Waals surface area contributed by atoms with E-state index in [-0.39, 0.29) is 0 Å². The van der Waals surface area contributed by atoms with Gasteiger partial charge < -0.3 is 5.32 Å². The molecule has 1 saturated carbocycles. The van der Waals surface area contributed by atoms with Crippen LogP contribution in [-0.4, -0.2) is 12.1 Å². The van der Waals surface area contributed by atoms with Crippen LogP contribution in [0.2, 0.25) is 0 Å². The van der Waals surface area contributed by atoms with Crippen molar-refractivity contribution in [3.8, 4) is 12.3 Å². The molecule has 1 nitrogen and oxygen atoms in total. The Hall–Kier alpha value is -1.00. The highest BCUT2D eigenvalue weighted by Crippen LogP contribution is 2.39. The molecule has 0 aromatic carbocycles. The molecule has 4 atom stereocenters. The van der Waals surface area contributed by atoms with E-state index < -0.39 is 0 Å². The van der Waals surface area contributed by atoms with Crippen LogP contribution in [0.25, 0.3) is 0 Å². The lowest BCUT2D eigenvalue weighted by molar-refractivity contribution is 0.117. The number of fused-ring (bicyclic) bond motifs is 1. The number of allylic oxidation sites excluding steroid dienone is 2. The normalized spacial score (nSPS) is 35.9. The summed E-state index contributed by atoms with van der Waals surface area (Å²) in [5.74, 6) is 4.30. The highest BCUT2D eigenvalue weighted by atomic mass is 15.0. The van der Waals surface area contributed by atoms with Gasteiger partial charge in [0.05, 0.1) is 0 Å². The molecule has 1 N–H and O–H groups in total.